The van der Waals surface area contributed by atoms with Crippen LogP contribution in [0.25, 0.3) is 55.8 Å². The number of imidazole rings is 2. The summed E-state index contributed by atoms with van der Waals surface area (Å²) in [4.78, 5) is 46.6. The van der Waals surface area contributed by atoms with E-state index in [2.05, 4.69) is 73.7 Å². The van der Waals surface area contributed by atoms with Gasteiger partial charge in [-0.3, -0.25) is 9.59 Å². The molecule has 8 aromatic rings. The molecule has 0 unspecified atom stereocenters. The minimum atomic E-state index is -0.144. The Morgan fingerprint density at radius 3 is 1.63 bits per heavy atom. The number of hydrogen-bond donors (Lipinski definition) is 5. The molecule has 16 heteroatoms. The van der Waals surface area contributed by atoms with Crippen molar-refractivity contribution in [3.63, 3.8) is 0 Å². The number of halogens is 3. The second kappa shape index (κ2) is 22.0. The molecule has 0 fully saturated rings. The number of hydrogen-bond acceptors (Lipinski definition) is 9. The van der Waals surface area contributed by atoms with Crippen molar-refractivity contribution in [2.24, 2.45) is 14.1 Å². The maximum absolute atomic E-state index is 13.3. The summed E-state index contributed by atoms with van der Waals surface area (Å²) in [6.07, 6.45) is 9.29. The Morgan fingerprint density at radius 2 is 1.15 bits per heavy atom. The molecule has 68 heavy (non-hydrogen) atoms. The molecule has 0 saturated heterocycles. The van der Waals surface area contributed by atoms with Crippen LogP contribution in [0.3, 0.4) is 0 Å². The van der Waals surface area contributed by atoms with E-state index in [1.54, 1.807) is 18.2 Å². The van der Waals surface area contributed by atoms with E-state index in [-0.39, 0.29) is 11.1 Å². The number of H-pyrrole nitrogens is 2. The van der Waals surface area contributed by atoms with Crippen LogP contribution in [0.5, 0.6) is 0 Å². The predicted molar refractivity (Wildman–Crippen MR) is 288 cm³/mol. The number of likely N-dealkylation sites (N-methyl/N-ethyl adjacent to an activating group) is 2. The van der Waals surface area contributed by atoms with Gasteiger partial charge in [0.2, 0.25) is 11.9 Å². The van der Waals surface area contributed by atoms with Gasteiger partial charge in [-0.05, 0) is 137 Å². The van der Waals surface area contributed by atoms with Gasteiger partial charge in [0.25, 0.3) is 11.1 Å². The van der Waals surface area contributed by atoms with Crippen LogP contribution in [-0.4, -0.2) is 92.2 Å². The monoisotopic (exact) mass is 975 g/mol. The molecule has 0 aliphatic carbocycles. The second-order valence-electron chi connectivity index (χ2n) is 17.0. The van der Waals surface area contributed by atoms with Crippen LogP contribution in [0.15, 0.2) is 82.4 Å². The van der Waals surface area contributed by atoms with Crippen LogP contribution in [0, 0.1) is 20.8 Å². The van der Waals surface area contributed by atoms with E-state index in [1.807, 2.05) is 106 Å². The molecule has 0 amide bonds. The van der Waals surface area contributed by atoms with Crippen molar-refractivity contribution >= 4 is 114 Å². The van der Waals surface area contributed by atoms with Crippen LogP contribution in [0.4, 0.5) is 23.3 Å². The van der Waals surface area contributed by atoms with E-state index in [1.165, 1.54) is 0 Å². The standard InChI is InChI=1S/C27H33ClN6O.C25H27Cl2N5O/c1-17-9-6-10-20(28)24(17)32-27-31-22-13-12-19-18(2)21(11-7-15-33(4)16-8-14-29-3)30-26(35)23(19)25(22)34(27)5;1-5-32(6-2)14-8-11-19-15(3)16-12-13-20-23(21(16)24(33)28-19)31(4)25(29-20)30-22-17(26)9-7-10-18(22)27/h6-7,9-13,29H,8,14-16H2,1-5H3,(H,30,35)(H,31,32);7-13H,5-6,14H2,1-4H3,(H,28,33)(H,29,30)/b11-7+;11-8+. The fourth-order valence-corrected chi connectivity index (χ4v) is 9.26. The third-order valence-corrected chi connectivity index (χ3v) is 13.5. The van der Waals surface area contributed by atoms with Crippen molar-refractivity contribution in [2.75, 3.05) is 64.0 Å². The van der Waals surface area contributed by atoms with Crippen molar-refractivity contribution in [2.45, 2.75) is 41.0 Å². The first kappa shape index (κ1) is 50.0. The summed E-state index contributed by atoms with van der Waals surface area (Å²) < 4.78 is 3.78. The molecule has 8 rings (SSSR count). The fraction of sp³-hybridized carbons (Fsp3) is 0.308. The Bertz CT molecular complexity index is 3270. The molecule has 4 aromatic carbocycles. The zero-order valence-electron chi connectivity index (χ0n) is 40.2. The largest absolute Gasteiger partial charge is 0.324 e. The molecule has 13 nitrogen and oxygen atoms in total. The first-order valence-corrected chi connectivity index (χ1v) is 24.0. The highest BCUT2D eigenvalue weighted by Gasteiger charge is 2.19. The molecule has 4 heterocycles. The summed E-state index contributed by atoms with van der Waals surface area (Å²) in [7, 11) is 7.85. The molecule has 0 aliphatic rings. The Kier molecular flexibility index (Phi) is 16.2. The average molecular weight is 977 g/mol. The van der Waals surface area contributed by atoms with Gasteiger partial charge in [0.15, 0.2) is 0 Å². The van der Waals surface area contributed by atoms with Crippen LogP contribution < -0.4 is 27.1 Å². The van der Waals surface area contributed by atoms with Crippen molar-refractivity contribution < 1.29 is 0 Å². The SMILES string of the molecule is CCN(CC)C/C=C/c1[nH]c(=O)c2c(ccc3nc(Nc4c(Cl)cccc4Cl)n(C)c32)c1C.CNCCCN(C)C/C=C/c1[nH]c(=O)c2c(ccc3nc(Nc4c(C)cccc4Cl)n(C)c32)c1C. The van der Waals surface area contributed by atoms with Crippen molar-refractivity contribution in [1.82, 2.24) is 44.2 Å². The van der Waals surface area contributed by atoms with Gasteiger partial charge in [0, 0.05) is 38.6 Å². The highest BCUT2D eigenvalue weighted by atomic mass is 35.5. The van der Waals surface area contributed by atoms with Gasteiger partial charge in [-0.1, -0.05) is 91.1 Å². The van der Waals surface area contributed by atoms with Gasteiger partial charge in [-0.15, -0.1) is 0 Å². The van der Waals surface area contributed by atoms with Crippen LogP contribution >= 0.6 is 34.8 Å². The molecule has 0 atom stereocenters. The summed E-state index contributed by atoms with van der Waals surface area (Å²) in [5, 5.41) is 14.4. The summed E-state index contributed by atoms with van der Waals surface area (Å²) in [5.74, 6) is 1.18. The second-order valence-corrected chi connectivity index (χ2v) is 18.2. The topological polar surface area (TPSA) is 144 Å². The smallest absolute Gasteiger partial charge is 0.258 e. The third-order valence-electron chi connectivity index (χ3n) is 12.5. The molecule has 0 saturated carbocycles. The van der Waals surface area contributed by atoms with E-state index < -0.39 is 0 Å². The first-order chi connectivity index (χ1) is 32.7. The molecule has 5 N–H and O–H groups in total. The Balaban J connectivity index is 0.000000202. The number of nitrogens with one attached hydrogen (secondary N) is 5. The normalized spacial score (nSPS) is 12.0. The highest BCUT2D eigenvalue weighted by Crippen LogP contribution is 2.35. The van der Waals surface area contributed by atoms with Gasteiger partial charge in [0.1, 0.15) is 0 Å². The zero-order chi connectivity index (χ0) is 48.8. The molecular weight excluding hydrogens is 917 g/mol. The summed E-state index contributed by atoms with van der Waals surface area (Å²) >= 11 is 19.1. The fourth-order valence-electron chi connectivity index (χ4n) is 8.50. The molecule has 0 bridgehead atoms. The molecule has 0 aliphatic heterocycles. The lowest BCUT2D eigenvalue weighted by atomic mass is 10.0. The van der Waals surface area contributed by atoms with E-state index in [0.29, 0.717) is 48.9 Å². The molecule has 0 radical (unpaired) electrons. The van der Waals surface area contributed by atoms with Gasteiger partial charge in [-0.25, -0.2) is 9.97 Å². The van der Waals surface area contributed by atoms with E-state index in [0.717, 1.165) is 107 Å². The van der Waals surface area contributed by atoms with Gasteiger partial charge in [0.05, 0.1) is 59.3 Å². The van der Waals surface area contributed by atoms with Crippen LogP contribution in [0.2, 0.25) is 15.1 Å². The highest BCUT2D eigenvalue weighted by molar-refractivity contribution is 6.39. The summed E-state index contributed by atoms with van der Waals surface area (Å²) in [6, 6.07) is 18.9. The number of pyridine rings is 2. The average Bonchev–Trinajstić information content (AvgIpc) is 3.82. The third kappa shape index (κ3) is 10.5. The number of para-hydroxylation sites is 2. The minimum Gasteiger partial charge on any atom is -0.324 e. The van der Waals surface area contributed by atoms with Crippen molar-refractivity contribution in [1.29, 1.82) is 0 Å². The lowest BCUT2D eigenvalue weighted by Gasteiger charge is -2.15. The lowest BCUT2D eigenvalue weighted by Crippen LogP contribution is -2.22. The Hall–Kier alpha value is -5.93. The van der Waals surface area contributed by atoms with E-state index in [9.17, 15) is 9.59 Å². The number of aromatic amines is 2. The van der Waals surface area contributed by atoms with Crippen molar-refractivity contribution in [3.05, 3.63) is 137 Å². The minimum absolute atomic E-state index is 0.123. The maximum Gasteiger partial charge on any atom is 0.258 e. The van der Waals surface area contributed by atoms with E-state index in [4.69, 9.17) is 39.8 Å². The van der Waals surface area contributed by atoms with Gasteiger partial charge in [-0.2, -0.15) is 0 Å². The van der Waals surface area contributed by atoms with Crippen LogP contribution in [-0.2, 0) is 14.1 Å². The maximum atomic E-state index is 13.3. The number of aryl methyl sites for hydroxylation is 5. The molecule has 0 spiro atoms. The number of anilines is 4. The first-order valence-electron chi connectivity index (χ1n) is 22.8. The molecule has 356 valence electrons. The van der Waals surface area contributed by atoms with Crippen molar-refractivity contribution in [3.8, 4) is 0 Å². The van der Waals surface area contributed by atoms with Gasteiger partial charge < -0.3 is 44.9 Å². The van der Waals surface area contributed by atoms with Crippen LogP contribution in [0.1, 0.15) is 48.3 Å². The Morgan fingerprint density at radius 1 is 0.676 bits per heavy atom. The quantitative estimate of drug-likeness (QED) is 0.0598. The number of benzene rings is 4. The zero-order valence-corrected chi connectivity index (χ0v) is 42.4. The predicted octanol–water partition coefficient (Wildman–Crippen LogP) is 11.1. The molecule has 4 aromatic heterocycles. The number of nitrogens with zero attached hydrogens (tertiary/aromatic N) is 6. The number of fused-ring (bicyclic) bond motifs is 6. The van der Waals surface area contributed by atoms with Gasteiger partial charge >= 0.3 is 0 Å². The number of aromatic nitrogens is 6. The molecular formula is C52H60Cl3N11O2. The Labute approximate surface area is 411 Å². The van der Waals surface area contributed by atoms with E-state index >= 15 is 0 Å². The summed E-state index contributed by atoms with van der Waals surface area (Å²) in [6.45, 7) is 16.0. The lowest BCUT2D eigenvalue weighted by molar-refractivity contribution is 0.338. The number of rotatable bonds is 16. The summed E-state index contributed by atoms with van der Waals surface area (Å²) in [5.41, 5.74) is 8.86.